The van der Waals surface area contributed by atoms with Gasteiger partial charge >= 0.3 is 0 Å². The Hall–Kier alpha value is -3.53. The van der Waals surface area contributed by atoms with Crippen LogP contribution in [0.3, 0.4) is 0 Å². The maximum Gasteiger partial charge on any atom is 0.298 e. The molecule has 1 aliphatic carbocycles. The maximum absolute atomic E-state index is 16.2. The van der Waals surface area contributed by atoms with Crippen molar-refractivity contribution in [2.24, 2.45) is 0 Å². The van der Waals surface area contributed by atoms with Gasteiger partial charge < -0.3 is 9.64 Å². The molecule has 4 aromatic rings. The number of carbonyl (C=O) groups excluding carboxylic acids is 1. The summed E-state index contributed by atoms with van der Waals surface area (Å²) in [6.07, 6.45) is 5.82. The number of hydrogen-bond donors (Lipinski definition) is 1. The molecule has 1 amide bonds. The van der Waals surface area contributed by atoms with Crippen molar-refractivity contribution >= 4 is 38.3 Å². The van der Waals surface area contributed by atoms with Crippen LogP contribution in [-0.2, 0) is 20.7 Å². The first kappa shape index (κ1) is 30.5. The lowest BCUT2D eigenvalue weighted by atomic mass is 9.97. The molecule has 6 rings (SSSR count). The number of ether oxygens (including phenoxy) is 1. The molecule has 2 aliphatic rings. The fraction of sp³-hybridized carbons (Fsp3) is 0.324. The third kappa shape index (κ3) is 6.46. The van der Waals surface area contributed by atoms with Gasteiger partial charge in [-0.3, -0.25) is 4.79 Å². The molecule has 2 fully saturated rings. The number of likely N-dealkylation sites (tertiary alicyclic amines) is 1. The van der Waals surface area contributed by atoms with Gasteiger partial charge in [0.05, 0.1) is 11.0 Å². The van der Waals surface area contributed by atoms with Gasteiger partial charge in [0.25, 0.3) is 5.92 Å². The van der Waals surface area contributed by atoms with Crippen LogP contribution in [0.5, 0.6) is 5.75 Å². The molecule has 44 heavy (non-hydrogen) atoms. The summed E-state index contributed by atoms with van der Waals surface area (Å²) in [5, 5.41) is 1.92. The van der Waals surface area contributed by atoms with Crippen LogP contribution >= 0.6 is 11.6 Å². The molecular weight excluding hydrogens is 606 g/mol. The standard InChI is InChI=1S/C34H33ClF2N2O4S/c35-28-15-9-24(10-16-28)23-7-13-27(14-8-23)34(36,37)32(33(40)39-19-3-4-20-39)38-44(41,42)31-18-12-25-21-30(17-11-26(25)22-31)43-29-5-1-2-6-29/h7-18,21-22,29,32,38H,1-6,19-20H2. The summed E-state index contributed by atoms with van der Waals surface area (Å²) < 4.78 is 67.8. The van der Waals surface area contributed by atoms with Gasteiger partial charge in [-0.05, 0) is 96.8 Å². The smallest absolute Gasteiger partial charge is 0.298 e. The highest BCUT2D eigenvalue weighted by Crippen LogP contribution is 2.36. The lowest BCUT2D eigenvalue weighted by Gasteiger charge is -2.30. The summed E-state index contributed by atoms with van der Waals surface area (Å²) in [5.41, 5.74) is 0.990. The number of sulfonamides is 1. The zero-order valence-electron chi connectivity index (χ0n) is 24.0. The van der Waals surface area contributed by atoms with Crippen LogP contribution in [0, 0.1) is 0 Å². The van der Waals surface area contributed by atoms with E-state index in [-0.39, 0.29) is 11.0 Å². The first-order chi connectivity index (χ1) is 21.1. The Morgan fingerprint density at radius 3 is 2.09 bits per heavy atom. The lowest BCUT2D eigenvalue weighted by Crippen LogP contribution is -2.55. The van der Waals surface area contributed by atoms with Crippen molar-refractivity contribution in [2.45, 2.75) is 61.5 Å². The molecule has 6 nitrogen and oxygen atoms in total. The minimum atomic E-state index is -4.52. The molecule has 10 heteroatoms. The zero-order chi connectivity index (χ0) is 30.9. The van der Waals surface area contributed by atoms with E-state index in [1.165, 1.54) is 41.3 Å². The molecule has 1 saturated carbocycles. The number of rotatable bonds is 9. The molecule has 0 bridgehead atoms. The lowest BCUT2D eigenvalue weighted by molar-refractivity contribution is -0.143. The normalized spacial score (nSPS) is 16.8. The highest BCUT2D eigenvalue weighted by atomic mass is 35.5. The van der Waals surface area contributed by atoms with E-state index in [2.05, 4.69) is 4.72 Å². The minimum Gasteiger partial charge on any atom is -0.490 e. The summed E-state index contributed by atoms with van der Waals surface area (Å²) in [6, 6.07) is 19.9. The molecule has 1 N–H and O–H groups in total. The number of benzene rings is 4. The molecule has 1 atom stereocenters. The topological polar surface area (TPSA) is 75.7 Å². The van der Waals surface area contributed by atoms with Crippen LogP contribution in [0.1, 0.15) is 44.1 Å². The predicted molar refractivity (Wildman–Crippen MR) is 168 cm³/mol. The van der Waals surface area contributed by atoms with E-state index in [0.29, 0.717) is 47.7 Å². The summed E-state index contributed by atoms with van der Waals surface area (Å²) in [7, 11) is -4.52. The van der Waals surface area contributed by atoms with Crippen molar-refractivity contribution in [2.75, 3.05) is 13.1 Å². The van der Waals surface area contributed by atoms with Gasteiger partial charge in [-0.15, -0.1) is 0 Å². The van der Waals surface area contributed by atoms with E-state index in [0.717, 1.165) is 36.6 Å². The highest BCUT2D eigenvalue weighted by Gasteiger charge is 2.50. The largest absolute Gasteiger partial charge is 0.490 e. The van der Waals surface area contributed by atoms with Gasteiger partial charge in [-0.25, -0.2) is 8.42 Å². The van der Waals surface area contributed by atoms with E-state index in [1.54, 1.807) is 42.5 Å². The van der Waals surface area contributed by atoms with Crippen molar-refractivity contribution in [3.63, 3.8) is 0 Å². The highest BCUT2D eigenvalue weighted by molar-refractivity contribution is 7.89. The Morgan fingerprint density at radius 1 is 0.841 bits per heavy atom. The molecule has 1 saturated heterocycles. The Kier molecular flexibility index (Phi) is 8.64. The number of nitrogens with one attached hydrogen (secondary N) is 1. The van der Waals surface area contributed by atoms with E-state index < -0.39 is 33.5 Å². The summed E-state index contributed by atoms with van der Waals surface area (Å²) in [4.78, 5) is 14.6. The second-order valence-electron chi connectivity index (χ2n) is 11.5. The van der Waals surface area contributed by atoms with Crippen LogP contribution in [0.4, 0.5) is 8.78 Å². The van der Waals surface area contributed by atoms with E-state index >= 15 is 8.78 Å². The van der Waals surface area contributed by atoms with Gasteiger partial charge in [0.2, 0.25) is 15.9 Å². The molecular formula is C34H33ClF2N2O4S. The molecule has 0 aromatic heterocycles. The van der Waals surface area contributed by atoms with Gasteiger partial charge in [-0.2, -0.15) is 13.5 Å². The second kappa shape index (κ2) is 12.5. The third-order valence-electron chi connectivity index (χ3n) is 8.45. The van der Waals surface area contributed by atoms with Crippen LogP contribution in [0.2, 0.25) is 5.02 Å². The Morgan fingerprint density at radius 2 is 1.43 bits per heavy atom. The van der Waals surface area contributed by atoms with Crippen molar-refractivity contribution < 1.29 is 26.7 Å². The predicted octanol–water partition coefficient (Wildman–Crippen LogP) is 7.54. The van der Waals surface area contributed by atoms with Crippen LogP contribution in [0.25, 0.3) is 21.9 Å². The Balaban J connectivity index is 1.28. The van der Waals surface area contributed by atoms with E-state index in [9.17, 15) is 13.2 Å². The van der Waals surface area contributed by atoms with Gasteiger partial charge in [-0.1, -0.05) is 60.1 Å². The van der Waals surface area contributed by atoms with Gasteiger partial charge in [0.15, 0.2) is 6.04 Å². The number of amides is 1. The zero-order valence-corrected chi connectivity index (χ0v) is 25.6. The van der Waals surface area contributed by atoms with Crippen LogP contribution in [-0.4, -0.2) is 44.5 Å². The third-order valence-corrected chi connectivity index (χ3v) is 10.1. The SMILES string of the molecule is O=C(C(NS(=O)(=O)c1ccc2cc(OC3CCCC3)ccc2c1)C(F)(F)c1ccc(-c2ccc(Cl)cc2)cc1)N1CCCC1. The van der Waals surface area contributed by atoms with Crippen molar-refractivity contribution in [3.05, 3.63) is 95.5 Å². The van der Waals surface area contributed by atoms with Crippen molar-refractivity contribution in [1.29, 1.82) is 0 Å². The Labute approximate surface area is 261 Å². The average molecular weight is 639 g/mol. The van der Waals surface area contributed by atoms with E-state index in [1.807, 2.05) is 6.07 Å². The summed E-state index contributed by atoms with van der Waals surface area (Å²) >= 11 is 5.97. The van der Waals surface area contributed by atoms with Gasteiger partial charge in [0.1, 0.15) is 5.75 Å². The Bertz CT molecular complexity index is 1750. The number of nitrogens with zero attached hydrogens (tertiary/aromatic N) is 1. The molecule has 230 valence electrons. The van der Waals surface area contributed by atoms with Crippen LogP contribution in [0.15, 0.2) is 89.8 Å². The second-order valence-corrected chi connectivity index (χ2v) is 13.6. The number of alkyl halides is 2. The quantitative estimate of drug-likeness (QED) is 0.206. The number of carbonyl (C=O) groups is 1. The van der Waals surface area contributed by atoms with Crippen molar-refractivity contribution in [3.8, 4) is 16.9 Å². The number of hydrogen-bond acceptors (Lipinski definition) is 4. The fourth-order valence-corrected chi connectivity index (χ4v) is 7.31. The summed E-state index contributed by atoms with van der Waals surface area (Å²) in [6.45, 7) is 0.591. The first-order valence-electron chi connectivity index (χ1n) is 14.9. The summed E-state index contributed by atoms with van der Waals surface area (Å²) in [5.74, 6) is -4.09. The van der Waals surface area contributed by atoms with Crippen LogP contribution < -0.4 is 9.46 Å². The van der Waals surface area contributed by atoms with Crippen molar-refractivity contribution in [1.82, 2.24) is 9.62 Å². The molecule has 1 heterocycles. The molecule has 4 aromatic carbocycles. The van der Waals surface area contributed by atoms with E-state index in [4.69, 9.17) is 16.3 Å². The molecule has 1 unspecified atom stereocenters. The average Bonchev–Trinajstić information content (AvgIpc) is 3.75. The molecule has 0 radical (unpaired) electrons. The molecule has 1 aliphatic heterocycles. The fourth-order valence-electron chi connectivity index (χ4n) is 5.96. The van der Waals surface area contributed by atoms with Gasteiger partial charge in [0, 0.05) is 23.7 Å². The first-order valence-corrected chi connectivity index (χ1v) is 16.7. The maximum atomic E-state index is 16.2. The molecule has 0 spiro atoms. The number of fused-ring (bicyclic) bond motifs is 1. The monoisotopic (exact) mass is 638 g/mol. The minimum absolute atomic E-state index is 0.177. The number of halogens is 3.